The van der Waals surface area contributed by atoms with Crippen molar-refractivity contribution in [3.05, 3.63) is 39.4 Å². The molecule has 1 aromatic rings. The molecule has 0 N–H and O–H groups in total. The highest BCUT2D eigenvalue weighted by Gasteiger charge is 2.29. The molecule has 0 bridgehead atoms. The summed E-state index contributed by atoms with van der Waals surface area (Å²) in [5.41, 5.74) is 0.878. The van der Waals surface area contributed by atoms with Crippen molar-refractivity contribution in [2.45, 2.75) is 32.9 Å². The van der Waals surface area contributed by atoms with Gasteiger partial charge in [0.2, 0.25) is 0 Å². The second-order valence-corrected chi connectivity index (χ2v) is 5.21. The number of carbonyl (C=O) groups is 1. The summed E-state index contributed by atoms with van der Waals surface area (Å²) in [6.45, 7) is 6.46. The number of hydrogen-bond acceptors (Lipinski definition) is 4. The van der Waals surface area contributed by atoms with E-state index in [2.05, 4.69) is 0 Å². The van der Waals surface area contributed by atoms with Gasteiger partial charge in [-0.05, 0) is 26.8 Å². The normalized spacial score (nSPS) is 22.6. The molecule has 6 nitrogen and oxygen atoms in total. The Balaban J connectivity index is 2.29. The van der Waals surface area contributed by atoms with Crippen LogP contribution in [0.15, 0.2) is 18.2 Å². The number of amides is 1. The summed E-state index contributed by atoms with van der Waals surface area (Å²) in [6, 6.07) is 4.57. The minimum atomic E-state index is -0.461. The molecule has 0 aliphatic carbocycles. The summed E-state index contributed by atoms with van der Waals surface area (Å²) >= 11 is 0. The van der Waals surface area contributed by atoms with Gasteiger partial charge in [0.25, 0.3) is 11.6 Å². The fraction of sp³-hybridized carbons (Fsp3) is 0.500. The molecule has 1 saturated heterocycles. The van der Waals surface area contributed by atoms with E-state index in [1.165, 1.54) is 6.07 Å². The van der Waals surface area contributed by atoms with Crippen molar-refractivity contribution in [3.63, 3.8) is 0 Å². The van der Waals surface area contributed by atoms with E-state index in [4.69, 9.17) is 4.74 Å². The van der Waals surface area contributed by atoms with E-state index in [9.17, 15) is 14.9 Å². The number of carbonyl (C=O) groups excluding carboxylic acids is 1. The topological polar surface area (TPSA) is 72.7 Å². The SMILES string of the molecule is Cc1ccc(C(=O)N2C[C@@H](C)OC[C@H]2C)cc1[N+](=O)[O-]. The third kappa shape index (κ3) is 2.80. The van der Waals surface area contributed by atoms with Gasteiger partial charge < -0.3 is 9.64 Å². The minimum absolute atomic E-state index is 0.0180. The van der Waals surface area contributed by atoms with Crippen LogP contribution in [0.25, 0.3) is 0 Å². The molecule has 20 heavy (non-hydrogen) atoms. The Hall–Kier alpha value is -1.95. The predicted molar refractivity (Wildman–Crippen MR) is 73.7 cm³/mol. The van der Waals surface area contributed by atoms with Gasteiger partial charge in [-0.1, -0.05) is 6.07 Å². The first kappa shape index (κ1) is 14.5. The van der Waals surface area contributed by atoms with Crippen LogP contribution in [-0.4, -0.2) is 41.0 Å². The fourth-order valence-electron chi connectivity index (χ4n) is 2.29. The molecule has 6 heteroatoms. The van der Waals surface area contributed by atoms with Crippen molar-refractivity contribution in [1.82, 2.24) is 4.90 Å². The van der Waals surface area contributed by atoms with Gasteiger partial charge in [-0.2, -0.15) is 0 Å². The maximum atomic E-state index is 12.5. The zero-order valence-corrected chi connectivity index (χ0v) is 11.8. The van der Waals surface area contributed by atoms with Gasteiger partial charge in [-0.3, -0.25) is 14.9 Å². The standard InChI is InChI=1S/C14H18N2O4/c1-9-4-5-12(6-13(9)16(18)19)14(17)15-7-11(3)20-8-10(15)2/h4-6,10-11H,7-8H2,1-3H3/t10-,11-/m1/s1. The number of rotatable bonds is 2. The van der Waals surface area contributed by atoms with Crippen LogP contribution in [0.4, 0.5) is 5.69 Å². The number of hydrogen-bond donors (Lipinski definition) is 0. The fourth-order valence-corrected chi connectivity index (χ4v) is 2.29. The molecule has 0 saturated carbocycles. The molecule has 0 radical (unpaired) electrons. The highest BCUT2D eigenvalue weighted by molar-refractivity contribution is 5.95. The molecule has 0 aromatic heterocycles. The smallest absolute Gasteiger partial charge is 0.273 e. The minimum Gasteiger partial charge on any atom is -0.375 e. The molecule has 1 amide bonds. The first-order valence-corrected chi connectivity index (χ1v) is 6.57. The Morgan fingerprint density at radius 1 is 1.45 bits per heavy atom. The third-order valence-corrected chi connectivity index (χ3v) is 3.52. The van der Waals surface area contributed by atoms with Gasteiger partial charge in [-0.25, -0.2) is 0 Å². The van der Waals surface area contributed by atoms with Crippen molar-refractivity contribution in [2.24, 2.45) is 0 Å². The van der Waals surface area contributed by atoms with Gasteiger partial charge in [-0.15, -0.1) is 0 Å². The molecular formula is C14H18N2O4. The lowest BCUT2D eigenvalue weighted by Gasteiger charge is -2.36. The number of aryl methyl sites for hydroxylation is 1. The van der Waals surface area contributed by atoms with Crippen LogP contribution >= 0.6 is 0 Å². The number of ether oxygens (including phenoxy) is 1. The van der Waals surface area contributed by atoms with E-state index in [1.807, 2.05) is 13.8 Å². The van der Waals surface area contributed by atoms with Gasteiger partial charge in [0, 0.05) is 23.7 Å². The number of morpholine rings is 1. The average Bonchev–Trinajstić information content (AvgIpc) is 2.41. The molecule has 1 aromatic carbocycles. The maximum absolute atomic E-state index is 12.5. The molecule has 1 fully saturated rings. The second-order valence-electron chi connectivity index (χ2n) is 5.21. The Morgan fingerprint density at radius 2 is 2.15 bits per heavy atom. The van der Waals surface area contributed by atoms with E-state index in [-0.39, 0.29) is 23.7 Å². The van der Waals surface area contributed by atoms with Crippen LogP contribution in [0.5, 0.6) is 0 Å². The van der Waals surface area contributed by atoms with Crippen LogP contribution in [-0.2, 0) is 4.74 Å². The lowest BCUT2D eigenvalue weighted by Crippen LogP contribution is -2.50. The predicted octanol–water partition coefficient (Wildman–Crippen LogP) is 2.15. The van der Waals surface area contributed by atoms with Crippen LogP contribution in [0.1, 0.15) is 29.8 Å². The second kappa shape index (κ2) is 5.58. The Kier molecular flexibility index (Phi) is 4.04. The van der Waals surface area contributed by atoms with E-state index in [1.54, 1.807) is 24.0 Å². The van der Waals surface area contributed by atoms with E-state index in [0.29, 0.717) is 24.3 Å². The van der Waals surface area contributed by atoms with E-state index < -0.39 is 4.92 Å². The Bertz CT molecular complexity index is 544. The molecule has 0 unspecified atom stereocenters. The van der Waals surface area contributed by atoms with Crippen LogP contribution in [0.3, 0.4) is 0 Å². The summed E-state index contributed by atoms with van der Waals surface area (Å²) in [5.74, 6) is -0.184. The van der Waals surface area contributed by atoms with Gasteiger partial charge in [0.05, 0.1) is 23.7 Å². The summed E-state index contributed by atoms with van der Waals surface area (Å²) in [5, 5.41) is 10.9. The molecule has 1 heterocycles. The summed E-state index contributed by atoms with van der Waals surface area (Å²) in [4.78, 5) is 24.7. The number of benzene rings is 1. The third-order valence-electron chi connectivity index (χ3n) is 3.52. The Labute approximate surface area is 117 Å². The highest BCUT2D eigenvalue weighted by atomic mass is 16.6. The lowest BCUT2D eigenvalue weighted by atomic mass is 10.1. The maximum Gasteiger partial charge on any atom is 0.273 e. The summed E-state index contributed by atoms with van der Waals surface area (Å²) in [7, 11) is 0. The van der Waals surface area contributed by atoms with Crippen molar-refractivity contribution >= 4 is 11.6 Å². The Morgan fingerprint density at radius 3 is 2.80 bits per heavy atom. The highest BCUT2D eigenvalue weighted by Crippen LogP contribution is 2.22. The number of nitro groups is 1. The lowest BCUT2D eigenvalue weighted by molar-refractivity contribution is -0.385. The van der Waals surface area contributed by atoms with Gasteiger partial charge >= 0.3 is 0 Å². The van der Waals surface area contributed by atoms with Crippen LogP contribution < -0.4 is 0 Å². The molecule has 1 aliphatic heterocycles. The number of nitro benzene ring substituents is 1. The number of nitrogens with zero attached hydrogens (tertiary/aromatic N) is 2. The largest absolute Gasteiger partial charge is 0.375 e. The van der Waals surface area contributed by atoms with Crippen LogP contribution in [0, 0.1) is 17.0 Å². The molecule has 108 valence electrons. The van der Waals surface area contributed by atoms with Gasteiger partial charge in [0.15, 0.2) is 0 Å². The first-order chi connectivity index (χ1) is 9.40. The van der Waals surface area contributed by atoms with Crippen molar-refractivity contribution in [3.8, 4) is 0 Å². The average molecular weight is 278 g/mol. The zero-order chi connectivity index (χ0) is 14.9. The van der Waals surface area contributed by atoms with Crippen LogP contribution in [0.2, 0.25) is 0 Å². The zero-order valence-electron chi connectivity index (χ0n) is 11.8. The first-order valence-electron chi connectivity index (χ1n) is 6.57. The van der Waals surface area contributed by atoms with Crippen molar-refractivity contribution in [2.75, 3.05) is 13.2 Å². The molecule has 2 atom stereocenters. The summed E-state index contributed by atoms with van der Waals surface area (Å²) in [6.07, 6.45) is -0.0180. The molecule has 2 rings (SSSR count). The molecule has 0 spiro atoms. The molecule has 1 aliphatic rings. The van der Waals surface area contributed by atoms with Gasteiger partial charge in [0.1, 0.15) is 0 Å². The van der Waals surface area contributed by atoms with Crippen molar-refractivity contribution in [1.29, 1.82) is 0 Å². The van der Waals surface area contributed by atoms with E-state index >= 15 is 0 Å². The summed E-state index contributed by atoms with van der Waals surface area (Å²) < 4.78 is 5.49. The van der Waals surface area contributed by atoms with E-state index in [0.717, 1.165) is 0 Å². The quantitative estimate of drug-likeness (QED) is 0.613. The molecular weight excluding hydrogens is 260 g/mol. The van der Waals surface area contributed by atoms with Crippen molar-refractivity contribution < 1.29 is 14.5 Å². The monoisotopic (exact) mass is 278 g/mol.